The zero-order valence-electron chi connectivity index (χ0n) is 5.48. The second-order valence-corrected chi connectivity index (χ2v) is 2.94. The highest BCUT2D eigenvalue weighted by molar-refractivity contribution is 6.43. The molecule has 0 aliphatic rings. The number of rotatable bonds is 2. The SMILES string of the molecule is ClOc1ccc(Cl)c(Cl)c1OCl. The Hall–Kier alpha value is -0.0200. The van der Waals surface area contributed by atoms with Crippen LogP contribution in [0.5, 0.6) is 11.5 Å². The Balaban J connectivity index is 3.25. The third kappa shape index (κ3) is 1.83. The van der Waals surface area contributed by atoms with Gasteiger partial charge in [-0.2, -0.15) is 0 Å². The van der Waals surface area contributed by atoms with Gasteiger partial charge in [-0.3, -0.25) is 0 Å². The Morgan fingerprint density at radius 2 is 1.67 bits per heavy atom. The summed E-state index contributed by atoms with van der Waals surface area (Å²) in [6.07, 6.45) is 0. The molecule has 1 rings (SSSR count). The van der Waals surface area contributed by atoms with Crippen LogP contribution in [0.1, 0.15) is 0 Å². The zero-order chi connectivity index (χ0) is 9.14. The van der Waals surface area contributed by atoms with Crippen LogP contribution in [-0.4, -0.2) is 0 Å². The van der Waals surface area contributed by atoms with E-state index in [0.717, 1.165) is 0 Å². The fourth-order valence-electron chi connectivity index (χ4n) is 0.647. The summed E-state index contributed by atoms with van der Waals surface area (Å²) < 4.78 is 8.79. The molecular weight excluding hydrogens is 246 g/mol. The van der Waals surface area contributed by atoms with Gasteiger partial charge < -0.3 is 8.58 Å². The Labute approximate surface area is 89.2 Å². The van der Waals surface area contributed by atoms with Crippen LogP contribution in [-0.2, 0) is 0 Å². The van der Waals surface area contributed by atoms with Crippen LogP contribution >= 0.6 is 46.9 Å². The van der Waals surface area contributed by atoms with Gasteiger partial charge in [-0.05, 0) is 12.1 Å². The van der Waals surface area contributed by atoms with E-state index in [2.05, 4.69) is 8.58 Å². The Morgan fingerprint density at radius 1 is 1.00 bits per heavy atom. The molecule has 0 aliphatic heterocycles. The van der Waals surface area contributed by atoms with Gasteiger partial charge in [-0.15, -0.1) is 0 Å². The Bertz CT molecular complexity index is 289. The lowest BCUT2D eigenvalue weighted by molar-refractivity contribution is 0.544. The zero-order valence-corrected chi connectivity index (χ0v) is 8.51. The quantitative estimate of drug-likeness (QED) is 0.785. The van der Waals surface area contributed by atoms with Crippen molar-refractivity contribution < 1.29 is 8.58 Å². The summed E-state index contributed by atoms with van der Waals surface area (Å²) in [6, 6.07) is 3.00. The van der Waals surface area contributed by atoms with Gasteiger partial charge in [-0.1, -0.05) is 23.2 Å². The lowest BCUT2D eigenvalue weighted by Crippen LogP contribution is -1.83. The van der Waals surface area contributed by atoms with E-state index in [0.29, 0.717) is 5.02 Å². The molecule has 0 N–H and O–H groups in total. The molecule has 1 aromatic carbocycles. The van der Waals surface area contributed by atoms with Crippen molar-refractivity contribution in [2.45, 2.75) is 0 Å². The van der Waals surface area contributed by atoms with Crippen molar-refractivity contribution >= 4 is 46.9 Å². The summed E-state index contributed by atoms with van der Waals surface area (Å²) in [5, 5.41) is 0.467. The molecule has 0 aromatic heterocycles. The highest BCUT2D eigenvalue weighted by atomic mass is 35.5. The maximum absolute atomic E-state index is 5.70. The van der Waals surface area contributed by atoms with E-state index < -0.39 is 0 Å². The fourth-order valence-corrected chi connectivity index (χ4v) is 1.30. The van der Waals surface area contributed by atoms with Crippen LogP contribution in [0.15, 0.2) is 12.1 Å². The van der Waals surface area contributed by atoms with Gasteiger partial charge in [0.2, 0.25) is 5.75 Å². The smallest absolute Gasteiger partial charge is 0.210 e. The first-order valence-corrected chi connectivity index (χ1v) is 4.13. The average Bonchev–Trinajstić information content (AvgIpc) is 2.09. The van der Waals surface area contributed by atoms with Crippen molar-refractivity contribution in [3.05, 3.63) is 22.2 Å². The lowest BCUT2D eigenvalue weighted by atomic mass is 10.3. The van der Waals surface area contributed by atoms with Gasteiger partial charge in [0, 0.05) is 0 Å². The summed E-state index contributed by atoms with van der Waals surface area (Å²) in [5.41, 5.74) is 0. The van der Waals surface area contributed by atoms with Crippen LogP contribution in [0, 0.1) is 0 Å². The molecule has 0 fully saturated rings. The highest BCUT2D eigenvalue weighted by Gasteiger charge is 2.13. The molecule has 66 valence electrons. The van der Waals surface area contributed by atoms with Gasteiger partial charge in [0.25, 0.3) is 0 Å². The minimum atomic E-state index is 0.0980. The van der Waals surface area contributed by atoms with Gasteiger partial charge >= 0.3 is 0 Å². The van der Waals surface area contributed by atoms with Gasteiger partial charge in [0.05, 0.1) is 5.02 Å². The largest absolute Gasteiger partial charge is 0.381 e. The predicted octanol–water partition coefficient (Wildman–Crippen LogP) is 4.06. The molecule has 0 amide bonds. The highest BCUT2D eigenvalue weighted by Crippen LogP contribution is 2.40. The predicted molar refractivity (Wildman–Crippen MR) is 49.4 cm³/mol. The lowest BCUT2D eigenvalue weighted by Gasteiger charge is -2.04. The average molecular weight is 248 g/mol. The molecule has 0 bridgehead atoms. The van der Waals surface area contributed by atoms with Crippen LogP contribution in [0.25, 0.3) is 0 Å². The molecule has 1 aromatic rings. The maximum atomic E-state index is 5.70. The number of halogens is 4. The van der Waals surface area contributed by atoms with Crippen molar-refractivity contribution in [2.75, 3.05) is 0 Å². The van der Waals surface area contributed by atoms with Crippen molar-refractivity contribution in [3.8, 4) is 11.5 Å². The molecule has 12 heavy (non-hydrogen) atoms. The molecule has 6 heteroatoms. The molecule has 2 nitrogen and oxygen atoms in total. The number of hydrogen-bond acceptors (Lipinski definition) is 2. The summed E-state index contributed by atoms with van der Waals surface area (Å²) in [6.45, 7) is 0. The first-order valence-electron chi connectivity index (χ1n) is 2.76. The molecule has 0 saturated heterocycles. The molecule has 0 unspecified atom stereocenters. The van der Waals surface area contributed by atoms with E-state index >= 15 is 0 Å². The minimum Gasteiger partial charge on any atom is -0.381 e. The molecule has 0 aliphatic carbocycles. The first-order chi connectivity index (χ1) is 5.70. The van der Waals surface area contributed by atoms with Crippen molar-refractivity contribution in [1.29, 1.82) is 0 Å². The second kappa shape index (κ2) is 4.28. The minimum absolute atomic E-state index is 0.0980. The summed E-state index contributed by atoms with van der Waals surface area (Å²) >= 11 is 21.6. The summed E-state index contributed by atoms with van der Waals surface area (Å²) in [5.74, 6) is 0.307. The summed E-state index contributed by atoms with van der Waals surface area (Å²) in [4.78, 5) is 0. The van der Waals surface area contributed by atoms with E-state index in [1.54, 1.807) is 0 Å². The van der Waals surface area contributed by atoms with Gasteiger partial charge in [0.15, 0.2) is 5.75 Å². The van der Waals surface area contributed by atoms with Gasteiger partial charge in [-0.25, -0.2) is 0 Å². The van der Waals surface area contributed by atoms with E-state index in [-0.39, 0.29) is 16.5 Å². The van der Waals surface area contributed by atoms with Crippen molar-refractivity contribution in [1.82, 2.24) is 0 Å². The number of benzene rings is 1. The molecule has 0 spiro atoms. The van der Waals surface area contributed by atoms with E-state index in [4.69, 9.17) is 46.9 Å². The van der Waals surface area contributed by atoms with Crippen molar-refractivity contribution in [3.63, 3.8) is 0 Å². The van der Waals surface area contributed by atoms with Gasteiger partial charge in [0.1, 0.15) is 28.8 Å². The van der Waals surface area contributed by atoms with Crippen LogP contribution in [0.2, 0.25) is 10.0 Å². The second-order valence-electron chi connectivity index (χ2n) is 1.84. The van der Waals surface area contributed by atoms with Crippen LogP contribution in [0.3, 0.4) is 0 Å². The van der Waals surface area contributed by atoms with E-state index in [1.807, 2.05) is 0 Å². The van der Waals surface area contributed by atoms with Crippen molar-refractivity contribution in [2.24, 2.45) is 0 Å². The molecule has 0 atom stereocenters. The van der Waals surface area contributed by atoms with E-state index in [9.17, 15) is 0 Å². The molecule has 0 saturated carbocycles. The molecule has 0 heterocycles. The topological polar surface area (TPSA) is 18.5 Å². The van der Waals surface area contributed by atoms with E-state index in [1.165, 1.54) is 12.1 Å². The standard InChI is InChI=1S/C6H2Cl4O2/c7-3-1-2-4(11-9)6(12-10)5(3)8/h1-2H. The fraction of sp³-hybridized carbons (Fsp3) is 0. The normalized spacial score (nSPS) is 9.67. The maximum Gasteiger partial charge on any atom is 0.210 e. The van der Waals surface area contributed by atoms with Crippen LogP contribution in [0.4, 0.5) is 0 Å². The molecule has 0 radical (unpaired) electrons. The monoisotopic (exact) mass is 246 g/mol. The summed E-state index contributed by atoms with van der Waals surface area (Å²) in [7, 11) is 0. The molecular formula is C6H2Cl4O2. The van der Waals surface area contributed by atoms with Crippen LogP contribution < -0.4 is 8.58 Å². The first kappa shape index (κ1) is 10.1. The third-order valence-electron chi connectivity index (χ3n) is 1.17. The Morgan fingerprint density at radius 3 is 2.17 bits per heavy atom. The Kier molecular flexibility index (Phi) is 3.59. The number of hydrogen-bond donors (Lipinski definition) is 0. The third-order valence-corrected chi connectivity index (χ3v) is 2.28.